The Morgan fingerprint density at radius 3 is 2.52 bits per heavy atom. The maximum Gasteiger partial charge on any atom is 0.434 e. The summed E-state index contributed by atoms with van der Waals surface area (Å²) < 4.78 is 49.9. The number of ether oxygens (including phenoxy) is 2. The smallest absolute Gasteiger partial charge is 0.374 e. The topological polar surface area (TPSA) is 93.9 Å². The molecular weight excluding hydrogens is 367 g/mol. The number of urea groups is 1. The van der Waals surface area contributed by atoms with Crippen LogP contribution < -0.4 is 11.1 Å². The van der Waals surface area contributed by atoms with Gasteiger partial charge in [0.25, 0.3) is 0 Å². The molecular formula is C17H20F3N3O4. The number of alkyl halides is 3. The number of ketones is 1. The van der Waals surface area contributed by atoms with Crippen LogP contribution in [0.15, 0.2) is 42.6 Å². The van der Waals surface area contributed by atoms with Crippen molar-refractivity contribution in [3.8, 4) is 0 Å². The van der Waals surface area contributed by atoms with Crippen molar-refractivity contribution in [2.45, 2.75) is 31.6 Å². The number of carbonyl (C=O) groups excluding carboxylic acids is 2. The lowest BCUT2D eigenvalue weighted by Crippen LogP contribution is -2.66. The van der Waals surface area contributed by atoms with E-state index in [4.69, 9.17) is 15.2 Å². The molecule has 1 heterocycles. The van der Waals surface area contributed by atoms with Crippen molar-refractivity contribution in [3.63, 3.8) is 0 Å². The maximum atomic E-state index is 13.3. The average molecular weight is 387 g/mol. The van der Waals surface area contributed by atoms with Crippen LogP contribution in [0.3, 0.4) is 0 Å². The van der Waals surface area contributed by atoms with Crippen LogP contribution in [0.4, 0.5) is 18.0 Å². The Bertz CT molecular complexity index is 696. The van der Waals surface area contributed by atoms with Gasteiger partial charge in [-0.3, -0.25) is 15.4 Å². The molecule has 10 heteroatoms. The number of rotatable bonds is 8. The van der Waals surface area contributed by atoms with E-state index in [9.17, 15) is 22.8 Å². The first-order valence-corrected chi connectivity index (χ1v) is 8.03. The van der Waals surface area contributed by atoms with Gasteiger partial charge in [0.1, 0.15) is 0 Å². The van der Waals surface area contributed by atoms with Crippen molar-refractivity contribution >= 4 is 11.8 Å². The first kappa shape index (κ1) is 20.9. The summed E-state index contributed by atoms with van der Waals surface area (Å²) >= 11 is 0. The molecule has 2 atom stereocenters. The Labute approximate surface area is 153 Å². The molecule has 0 radical (unpaired) electrons. The molecule has 2 amide bonds. The molecule has 1 aliphatic heterocycles. The number of halogens is 3. The molecule has 0 aromatic heterocycles. The molecule has 3 N–H and O–H groups in total. The molecule has 1 aliphatic rings. The zero-order valence-electron chi connectivity index (χ0n) is 14.5. The van der Waals surface area contributed by atoms with Gasteiger partial charge in [-0.1, -0.05) is 30.3 Å². The van der Waals surface area contributed by atoms with Gasteiger partial charge in [0.15, 0.2) is 11.4 Å². The Morgan fingerprint density at radius 2 is 1.96 bits per heavy atom. The molecule has 1 aromatic rings. The molecule has 0 fully saturated rings. The van der Waals surface area contributed by atoms with Crippen LogP contribution >= 0.6 is 0 Å². The number of nitrogens with two attached hydrogens (primary N) is 1. The molecule has 1 aromatic carbocycles. The van der Waals surface area contributed by atoms with Crippen LogP contribution in [-0.4, -0.2) is 48.0 Å². The maximum absolute atomic E-state index is 13.3. The number of amides is 2. The number of carbonyl (C=O) groups is 2. The second kappa shape index (κ2) is 8.51. The van der Waals surface area contributed by atoms with Gasteiger partial charge in [-0.05, 0) is 18.6 Å². The standard InChI is InChI=1S/C17H20F3N3O4/c1-12(24)16(21)7-8-23(15(25)22-16)14(17(18,19)20)27-10-9-26-11-13-5-3-2-4-6-13/h2-8,14H,9-11,21H2,1H3,(H,22,25). The number of nitrogens with zero attached hydrogens (tertiary/aromatic N) is 1. The van der Waals surface area contributed by atoms with E-state index >= 15 is 0 Å². The molecule has 148 valence electrons. The molecule has 0 saturated carbocycles. The van der Waals surface area contributed by atoms with Gasteiger partial charge in [-0.25, -0.2) is 4.79 Å². The Balaban J connectivity index is 1.94. The zero-order chi connectivity index (χ0) is 20.1. The minimum Gasteiger partial charge on any atom is -0.374 e. The third kappa shape index (κ3) is 5.52. The lowest BCUT2D eigenvalue weighted by atomic mass is 10.1. The first-order valence-electron chi connectivity index (χ1n) is 8.03. The molecule has 27 heavy (non-hydrogen) atoms. The first-order chi connectivity index (χ1) is 12.6. The van der Waals surface area contributed by atoms with Crippen molar-refractivity contribution in [2.75, 3.05) is 13.2 Å². The lowest BCUT2D eigenvalue weighted by molar-refractivity contribution is -0.253. The summed E-state index contributed by atoms with van der Waals surface area (Å²) in [6, 6.07) is 7.90. The van der Waals surface area contributed by atoms with E-state index in [0.29, 0.717) is 4.90 Å². The Hall–Kier alpha value is -2.43. The fourth-order valence-corrected chi connectivity index (χ4v) is 2.25. The molecule has 0 aliphatic carbocycles. The third-order valence-electron chi connectivity index (χ3n) is 3.78. The number of hydrogen-bond acceptors (Lipinski definition) is 5. The minimum atomic E-state index is -4.86. The van der Waals surface area contributed by atoms with Crippen LogP contribution in [0.5, 0.6) is 0 Å². The number of Topliss-reactive ketones (excluding diaryl/α,β-unsaturated/α-hetero) is 1. The summed E-state index contributed by atoms with van der Waals surface area (Å²) in [6.07, 6.45) is -5.62. The van der Waals surface area contributed by atoms with E-state index in [1.54, 1.807) is 0 Å². The molecule has 7 nitrogen and oxygen atoms in total. The molecule has 0 bridgehead atoms. The highest BCUT2D eigenvalue weighted by Gasteiger charge is 2.49. The van der Waals surface area contributed by atoms with E-state index in [1.165, 1.54) is 0 Å². The summed E-state index contributed by atoms with van der Waals surface area (Å²) in [5.41, 5.74) is 4.64. The summed E-state index contributed by atoms with van der Waals surface area (Å²) in [5, 5.41) is 2.04. The van der Waals surface area contributed by atoms with Crippen molar-refractivity contribution in [3.05, 3.63) is 48.2 Å². The average Bonchev–Trinajstić information content (AvgIpc) is 2.59. The van der Waals surface area contributed by atoms with Crippen LogP contribution in [0.25, 0.3) is 0 Å². The van der Waals surface area contributed by atoms with Crippen molar-refractivity contribution in [1.29, 1.82) is 0 Å². The van der Waals surface area contributed by atoms with Gasteiger partial charge in [0, 0.05) is 6.20 Å². The molecule has 0 saturated heterocycles. The highest BCUT2D eigenvalue weighted by atomic mass is 19.4. The minimum absolute atomic E-state index is 0.102. The highest BCUT2D eigenvalue weighted by molar-refractivity contribution is 5.93. The summed E-state index contributed by atoms with van der Waals surface area (Å²) in [5.74, 6) is -0.620. The van der Waals surface area contributed by atoms with Crippen molar-refractivity contribution in [2.24, 2.45) is 5.73 Å². The largest absolute Gasteiger partial charge is 0.434 e. The molecule has 2 rings (SSSR count). The fraction of sp³-hybridized carbons (Fsp3) is 0.412. The second-order valence-corrected chi connectivity index (χ2v) is 5.88. The van der Waals surface area contributed by atoms with Crippen LogP contribution in [0.2, 0.25) is 0 Å². The van der Waals surface area contributed by atoms with Crippen LogP contribution in [0.1, 0.15) is 12.5 Å². The van der Waals surface area contributed by atoms with Gasteiger partial charge in [0.05, 0.1) is 19.8 Å². The monoisotopic (exact) mass is 387 g/mol. The predicted octanol–water partition coefficient (Wildman–Crippen LogP) is 1.89. The summed E-state index contributed by atoms with van der Waals surface area (Å²) in [7, 11) is 0. The van der Waals surface area contributed by atoms with Gasteiger partial charge < -0.3 is 14.8 Å². The van der Waals surface area contributed by atoms with Crippen LogP contribution in [0, 0.1) is 0 Å². The van der Waals surface area contributed by atoms with E-state index in [0.717, 1.165) is 24.8 Å². The number of benzene rings is 1. The Kier molecular flexibility index (Phi) is 6.58. The molecule has 2 unspecified atom stereocenters. The van der Waals surface area contributed by atoms with Crippen LogP contribution in [-0.2, 0) is 20.9 Å². The number of hydrogen-bond donors (Lipinski definition) is 2. The predicted molar refractivity (Wildman–Crippen MR) is 89.0 cm³/mol. The third-order valence-corrected chi connectivity index (χ3v) is 3.78. The zero-order valence-corrected chi connectivity index (χ0v) is 14.5. The van der Waals surface area contributed by atoms with Gasteiger partial charge >= 0.3 is 12.2 Å². The van der Waals surface area contributed by atoms with Gasteiger partial charge in [0.2, 0.25) is 6.23 Å². The van der Waals surface area contributed by atoms with E-state index in [1.807, 2.05) is 35.6 Å². The quantitative estimate of drug-likeness (QED) is 0.665. The number of nitrogens with one attached hydrogen (secondary N) is 1. The van der Waals surface area contributed by atoms with Gasteiger partial charge in [-0.15, -0.1) is 0 Å². The SMILES string of the molecule is CC(=O)C1(N)C=CN(C(OCCOCc2ccccc2)C(F)(F)F)C(=O)N1. The van der Waals surface area contributed by atoms with E-state index in [2.05, 4.69) is 0 Å². The fourth-order valence-electron chi connectivity index (χ4n) is 2.25. The second-order valence-electron chi connectivity index (χ2n) is 5.88. The summed E-state index contributed by atoms with van der Waals surface area (Å²) in [6.45, 7) is 0.839. The lowest BCUT2D eigenvalue weighted by Gasteiger charge is -2.37. The van der Waals surface area contributed by atoms with Crippen molar-refractivity contribution < 1.29 is 32.2 Å². The van der Waals surface area contributed by atoms with Gasteiger partial charge in [-0.2, -0.15) is 13.2 Å². The molecule has 0 spiro atoms. The van der Waals surface area contributed by atoms with E-state index < -0.39 is 36.5 Å². The van der Waals surface area contributed by atoms with Crippen molar-refractivity contribution in [1.82, 2.24) is 10.2 Å². The summed E-state index contributed by atoms with van der Waals surface area (Å²) in [4.78, 5) is 23.7. The Morgan fingerprint density at radius 1 is 1.30 bits per heavy atom. The highest BCUT2D eigenvalue weighted by Crippen LogP contribution is 2.28. The van der Waals surface area contributed by atoms with E-state index in [-0.39, 0.29) is 13.2 Å². The normalized spacial score (nSPS) is 21.1.